The average Bonchev–Trinajstić information content (AvgIpc) is 3.45. The van der Waals surface area contributed by atoms with E-state index >= 15 is 0 Å². The minimum atomic E-state index is -1.37. The SMILES string of the molecule is CCOC(=O)C(OC[C@H]1O[C@@H](n2cnc3c(N)nc(Cl)nc32)[C@H](O)[C@@H]1O)c1nn[nH]n1. The molecule has 1 unspecified atom stereocenters. The minimum absolute atomic E-state index is 0.0505. The number of halogens is 1. The van der Waals surface area contributed by atoms with Crippen molar-refractivity contribution in [3.63, 3.8) is 0 Å². The lowest BCUT2D eigenvalue weighted by Gasteiger charge is -2.18. The summed E-state index contributed by atoms with van der Waals surface area (Å²) in [7, 11) is 0. The molecule has 0 aliphatic carbocycles. The number of ether oxygens (including phenoxy) is 3. The third kappa shape index (κ3) is 4.00. The molecule has 3 aromatic heterocycles. The van der Waals surface area contributed by atoms with Gasteiger partial charge in [0.1, 0.15) is 23.8 Å². The molecular weight excluding hydrogens is 438 g/mol. The van der Waals surface area contributed by atoms with Gasteiger partial charge in [0.15, 0.2) is 17.7 Å². The van der Waals surface area contributed by atoms with E-state index in [1.165, 1.54) is 10.9 Å². The largest absolute Gasteiger partial charge is 0.464 e. The Morgan fingerprint density at radius 3 is 2.94 bits per heavy atom. The van der Waals surface area contributed by atoms with Gasteiger partial charge in [-0.1, -0.05) is 5.21 Å². The number of carbonyl (C=O) groups excluding carboxylic acids is 1. The van der Waals surface area contributed by atoms with Gasteiger partial charge in [0.05, 0.1) is 19.5 Å². The maximum Gasteiger partial charge on any atom is 0.343 e. The molecular formula is C15H18ClN9O6. The van der Waals surface area contributed by atoms with E-state index in [0.717, 1.165) is 0 Å². The monoisotopic (exact) mass is 455 g/mol. The quantitative estimate of drug-likeness (QED) is 0.236. The predicted octanol–water partition coefficient (Wildman–Crippen LogP) is -1.48. The lowest BCUT2D eigenvalue weighted by molar-refractivity contribution is -0.162. The summed E-state index contributed by atoms with van der Waals surface area (Å²) in [6.07, 6.45) is -4.79. The van der Waals surface area contributed by atoms with Crippen molar-refractivity contribution in [1.82, 2.24) is 40.1 Å². The predicted molar refractivity (Wildman–Crippen MR) is 100 cm³/mol. The van der Waals surface area contributed by atoms with Crippen molar-refractivity contribution < 1.29 is 29.2 Å². The van der Waals surface area contributed by atoms with Gasteiger partial charge in [0.25, 0.3) is 0 Å². The minimum Gasteiger partial charge on any atom is -0.464 e. The van der Waals surface area contributed by atoms with Crippen molar-refractivity contribution >= 4 is 34.6 Å². The molecule has 4 heterocycles. The Bertz CT molecular complexity index is 1060. The Balaban J connectivity index is 1.52. The number of hydrogen-bond donors (Lipinski definition) is 4. The molecule has 0 bridgehead atoms. The summed E-state index contributed by atoms with van der Waals surface area (Å²) in [5.74, 6) is -0.736. The number of rotatable bonds is 7. The molecule has 1 fully saturated rings. The molecule has 0 aromatic carbocycles. The van der Waals surface area contributed by atoms with E-state index in [0.29, 0.717) is 0 Å². The number of fused-ring (bicyclic) bond motifs is 1. The van der Waals surface area contributed by atoms with Gasteiger partial charge in [-0.15, -0.1) is 10.2 Å². The highest BCUT2D eigenvalue weighted by Crippen LogP contribution is 2.33. The van der Waals surface area contributed by atoms with Gasteiger partial charge >= 0.3 is 5.97 Å². The van der Waals surface area contributed by atoms with E-state index in [2.05, 4.69) is 35.6 Å². The number of tetrazole rings is 1. The normalized spacial score (nSPS) is 24.5. The maximum atomic E-state index is 12.2. The number of nitrogens with one attached hydrogen (secondary N) is 1. The summed E-state index contributed by atoms with van der Waals surface area (Å²) < 4.78 is 17.6. The first kappa shape index (κ1) is 21.3. The summed E-state index contributed by atoms with van der Waals surface area (Å²) in [5.41, 5.74) is 6.26. The first-order valence-electron chi connectivity index (χ1n) is 9.09. The van der Waals surface area contributed by atoms with Gasteiger partial charge in [-0.05, 0) is 18.5 Å². The van der Waals surface area contributed by atoms with Crippen LogP contribution in [0.5, 0.6) is 0 Å². The number of H-pyrrole nitrogens is 1. The van der Waals surface area contributed by atoms with Crippen molar-refractivity contribution in [2.45, 2.75) is 37.6 Å². The zero-order valence-electron chi connectivity index (χ0n) is 16.0. The van der Waals surface area contributed by atoms with Gasteiger partial charge in [0, 0.05) is 0 Å². The molecule has 1 saturated heterocycles. The highest BCUT2D eigenvalue weighted by molar-refractivity contribution is 6.28. The number of aliphatic hydroxyl groups is 2. The molecule has 0 radical (unpaired) electrons. The van der Waals surface area contributed by atoms with Crippen molar-refractivity contribution in [2.75, 3.05) is 18.9 Å². The van der Waals surface area contributed by atoms with E-state index in [1.807, 2.05) is 0 Å². The van der Waals surface area contributed by atoms with Gasteiger partial charge in [-0.2, -0.15) is 15.2 Å². The van der Waals surface area contributed by atoms with Crippen molar-refractivity contribution in [1.29, 1.82) is 0 Å². The number of esters is 1. The molecule has 4 rings (SSSR count). The van der Waals surface area contributed by atoms with Crippen LogP contribution in [0.25, 0.3) is 11.2 Å². The van der Waals surface area contributed by atoms with Crippen LogP contribution in [0.15, 0.2) is 6.33 Å². The number of anilines is 1. The summed E-state index contributed by atoms with van der Waals surface area (Å²) >= 11 is 5.86. The lowest BCUT2D eigenvalue weighted by atomic mass is 10.1. The van der Waals surface area contributed by atoms with Crippen LogP contribution in [0.4, 0.5) is 5.82 Å². The van der Waals surface area contributed by atoms with Crippen LogP contribution in [0, 0.1) is 0 Å². The molecule has 15 nitrogen and oxygen atoms in total. The topological polar surface area (TPSA) is 209 Å². The fraction of sp³-hybridized carbons (Fsp3) is 0.533. The molecule has 16 heteroatoms. The number of imidazole rings is 1. The summed E-state index contributed by atoms with van der Waals surface area (Å²) in [5, 5.41) is 33.9. The second-order valence-electron chi connectivity index (χ2n) is 6.48. The molecule has 1 aliphatic heterocycles. The summed E-state index contributed by atoms with van der Waals surface area (Å²) in [4.78, 5) is 24.2. The number of nitrogen functional groups attached to an aromatic ring is 1. The highest BCUT2D eigenvalue weighted by Gasteiger charge is 2.45. The molecule has 0 spiro atoms. The van der Waals surface area contributed by atoms with E-state index in [1.54, 1.807) is 6.92 Å². The Kier molecular flexibility index (Phi) is 5.92. The first-order valence-corrected chi connectivity index (χ1v) is 9.47. The number of aliphatic hydroxyl groups excluding tert-OH is 2. The molecule has 1 aliphatic rings. The fourth-order valence-electron chi connectivity index (χ4n) is 3.13. The van der Waals surface area contributed by atoms with Gasteiger partial charge < -0.3 is 30.2 Å². The van der Waals surface area contributed by atoms with Crippen LogP contribution in [0.2, 0.25) is 5.28 Å². The van der Waals surface area contributed by atoms with Crippen molar-refractivity contribution in [2.24, 2.45) is 0 Å². The fourth-order valence-corrected chi connectivity index (χ4v) is 3.30. The summed E-state index contributed by atoms with van der Waals surface area (Å²) in [6.45, 7) is 1.45. The number of hydrogen-bond acceptors (Lipinski definition) is 13. The number of nitrogens with zero attached hydrogens (tertiary/aromatic N) is 7. The van der Waals surface area contributed by atoms with Crippen LogP contribution in [-0.4, -0.2) is 87.9 Å². The lowest BCUT2D eigenvalue weighted by Crippen LogP contribution is -2.35. The molecule has 5 N–H and O–H groups in total. The highest BCUT2D eigenvalue weighted by atomic mass is 35.5. The second-order valence-corrected chi connectivity index (χ2v) is 6.82. The summed E-state index contributed by atoms with van der Waals surface area (Å²) in [6, 6.07) is 0. The first-order chi connectivity index (χ1) is 14.9. The Morgan fingerprint density at radius 2 is 2.23 bits per heavy atom. The number of aromatic amines is 1. The van der Waals surface area contributed by atoms with E-state index in [-0.39, 0.29) is 41.3 Å². The zero-order valence-corrected chi connectivity index (χ0v) is 16.7. The van der Waals surface area contributed by atoms with Crippen LogP contribution in [-0.2, 0) is 19.0 Å². The van der Waals surface area contributed by atoms with Crippen LogP contribution in [0.1, 0.15) is 25.1 Å². The van der Waals surface area contributed by atoms with Crippen LogP contribution >= 0.6 is 11.6 Å². The molecule has 31 heavy (non-hydrogen) atoms. The van der Waals surface area contributed by atoms with E-state index < -0.39 is 36.6 Å². The smallest absolute Gasteiger partial charge is 0.343 e. The molecule has 0 saturated carbocycles. The van der Waals surface area contributed by atoms with Gasteiger partial charge in [-0.25, -0.2) is 9.78 Å². The third-order valence-electron chi connectivity index (χ3n) is 4.56. The zero-order chi connectivity index (χ0) is 22.1. The Hall–Kier alpha value is -2.98. The van der Waals surface area contributed by atoms with Crippen LogP contribution < -0.4 is 5.73 Å². The molecule has 5 atom stereocenters. The molecule has 3 aromatic rings. The number of aromatic nitrogens is 8. The van der Waals surface area contributed by atoms with Crippen LogP contribution in [0.3, 0.4) is 0 Å². The van der Waals surface area contributed by atoms with E-state index in [4.69, 9.17) is 31.5 Å². The van der Waals surface area contributed by atoms with Gasteiger partial charge in [-0.3, -0.25) is 4.57 Å². The maximum absolute atomic E-state index is 12.2. The molecule has 0 amide bonds. The Labute approximate surface area is 178 Å². The second kappa shape index (κ2) is 8.64. The van der Waals surface area contributed by atoms with Crippen molar-refractivity contribution in [3.8, 4) is 0 Å². The average molecular weight is 456 g/mol. The standard InChI is InChI=1S/C15H18ClN9O6/c1-2-29-14(28)9(11-21-23-24-22-11)30-3-5-7(26)8(27)13(31-5)25-4-18-6-10(17)19-15(16)20-12(6)25/h4-5,7-9,13,26-27H,2-3H2,1H3,(H2,17,19,20)(H,21,22,23,24)/t5-,7-,8-,9?,13-/m1/s1. The number of nitrogens with two attached hydrogens (primary N) is 1. The van der Waals surface area contributed by atoms with Crippen molar-refractivity contribution in [3.05, 3.63) is 17.4 Å². The number of carbonyl (C=O) groups is 1. The third-order valence-corrected chi connectivity index (χ3v) is 4.73. The van der Waals surface area contributed by atoms with E-state index in [9.17, 15) is 15.0 Å². The molecule has 166 valence electrons. The van der Waals surface area contributed by atoms with Gasteiger partial charge in [0.2, 0.25) is 17.2 Å². The Morgan fingerprint density at radius 1 is 1.42 bits per heavy atom.